The predicted octanol–water partition coefficient (Wildman–Crippen LogP) is 4.34. The first-order chi connectivity index (χ1) is 9.63. The van der Waals surface area contributed by atoms with Gasteiger partial charge in [0, 0.05) is 10.9 Å². The molecule has 20 heavy (non-hydrogen) atoms. The van der Waals surface area contributed by atoms with Crippen molar-refractivity contribution in [2.75, 3.05) is 6.26 Å². The lowest BCUT2D eigenvalue weighted by Crippen LogP contribution is -2.21. The van der Waals surface area contributed by atoms with Crippen molar-refractivity contribution in [1.29, 1.82) is 0 Å². The maximum atomic E-state index is 6.34. The lowest BCUT2D eigenvalue weighted by Gasteiger charge is -2.13. The second-order valence-corrected chi connectivity index (χ2v) is 7.94. The Balaban J connectivity index is 2.25. The zero-order chi connectivity index (χ0) is 14.5. The summed E-state index contributed by atoms with van der Waals surface area (Å²) in [5, 5.41) is 9.04. The van der Waals surface area contributed by atoms with Crippen molar-refractivity contribution in [3.63, 3.8) is 0 Å². The highest BCUT2D eigenvalue weighted by atomic mass is 35.5. The van der Waals surface area contributed by atoms with Gasteiger partial charge in [-0.15, -0.1) is 10.2 Å². The van der Waals surface area contributed by atoms with Gasteiger partial charge in [0.1, 0.15) is 0 Å². The minimum absolute atomic E-state index is 0.156. The van der Waals surface area contributed by atoms with Crippen molar-refractivity contribution >= 4 is 46.5 Å². The van der Waals surface area contributed by atoms with Crippen LogP contribution in [-0.4, -0.2) is 22.5 Å². The van der Waals surface area contributed by atoms with Crippen molar-refractivity contribution in [2.24, 2.45) is 5.73 Å². The maximum Gasteiger partial charge on any atom is 0.179 e. The monoisotopic (exact) mass is 345 g/mol. The molecule has 0 aliphatic carbocycles. The first kappa shape index (κ1) is 16.1. The van der Waals surface area contributed by atoms with Crippen LogP contribution >= 0.6 is 46.5 Å². The number of rotatable bonds is 6. The van der Waals surface area contributed by atoms with Gasteiger partial charge in [0.2, 0.25) is 0 Å². The summed E-state index contributed by atoms with van der Waals surface area (Å²) in [5.41, 5.74) is 7.24. The second-order valence-electron chi connectivity index (χ2n) is 4.24. The number of hydrogen-bond acceptors (Lipinski definition) is 6. The Morgan fingerprint density at radius 1 is 1.35 bits per heavy atom. The smallest absolute Gasteiger partial charge is 0.179 e. The summed E-state index contributed by atoms with van der Waals surface area (Å²) < 4.78 is 1.88. The van der Waals surface area contributed by atoms with E-state index in [1.54, 1.807) is 34.9 Å². The molecule has 0 saturated carbocycles. The minimum atomic E-state index is 0.156. The number of benzene rings is 1. The maximum absolute atomic E-state index is 6.34. The van der Waals surface area contributed by atoms with E-state index in [0.717, 1.165) is 31.4 Å². The molecule has 0 bridgehead atoms. The molecule has 0 aliphatic heterocycles. The van der Waals surface area contributed by atoms with E-state index in [1.807, 2.05) is 18.4 Å². The summed E-state index contributed by atoms with van der Waals surface area (Å²) in [4.78, 5) is 1.04. The number of hydrogen-bond donors (Lipinski definition) is 1. The molecule has 0 spiro atoms. The number of thioether (sulfide) groups is 1. The Bertz CT molecular complexity index is 574. The van der Waals surface area contributed by atoms with Crippen LogP contribution in [0.1, 0.15) is 18.9 Å². The van der Waals surface area contributed by atoms with Crippen LogP contribution in [-0.2, 0) is 6.42 Å². The van der Waals surface area contributed by atoms with E-state index in [-0.39, 0.29) is 6.04 Å². The van der Waals surface area contributed by atoms with E-state index >= 15 is 0 Å². The van der Waals surface area contributed by atoms with Crippen LogP contribution in [0.2, 0.25) is 5.02 Å². The highest BCUT2D eigenvalue weighted by Gasteiger charge is 2.14. The topological polar surface area (TPSA) is 51.8 Å². The van der Waals surface area contributed by atoms with Gasteiger partial charge in [-0.1, -0.05) is 65.5 Å². The fourth-order valence-electron chi connectivity index (χ4n) is 1.66. The molecular weight excluding hydrogens is 330 g/mol. The molecule has 0 radical (unpaired) electrons. The molecule has 7 heteroatoms. The average molecular weight is 346 g/mol. The fraction of sp³-hybridized carbons (Fsp3) is 0.385. The molecule has 1 unspecified atom stereocenters. The summed E-state index contributed by atoms with van der Waals surface area (Å²) >= 11 is 11.1. The second kappa shape index (κ2) is 7.66. The van der Waals surface area contributed by atoms with Gasteiger partial charge in [-0.3, -0.25) is 0 Å². The highest BCUT2D eigenvalue weighted by Crippen LogP contribution is 2.39. The lowest BCUT2D eigenvalue weighted by molar-refractivity contribution is 0.641. The van der Waals surface area contributed by atoms with Gasteiger partial charge in [0.05, 0.1) is 5.02 Å². The molecule has 2 aromatic rings. The highest BCUT2D eigenvalue weighted by molar-refractivity contribution is 8.03. The van der Waals surface area contributed by atoms with Crippen molar-refractivity contribution in [2.45, 2.75) is 39.4 Å². The van der Waals surface area contributed by atoms with Crippen molar-refractivity contribution in [3.8, 4) is 0 Å². The third-order valence-corrected chi connectivity index (χ3v) is 6.37. The molecule has 0 fully saturated rings. The summed E-state index contributed by atoms with van der Waals surface area (Å²) in [5.74, 6) is 0. The van der Waals surface area contributed by atoms with Crippen LogP contribution in [0.4, 0.5) is 0 Å². The summed E-state index contributed by atoms with van der Waals surface area (Å²) in [6.07, 6.45) is 3.77. The Labute approximate surface area is 136 Å². The molecule has 0 saturated heterocycles. The molecule has 2 N–H and O–H groups in total. The predicted molar refractivity (Wildman–Crippen MR) is 89.2 cm³/mol. The molecule has 3 nitrogen and oxygen atoms in total. The first-order valence-electron chi connectivity index (χ1n) is 6.22. The standard InChI is InChI=1S/C13H16ClN3S3/c1-3-9(15)7-8-5-4-6-10(14)11(8)19-13-17-16-12(18-2)20-13/h4-6,9H,3,7,15H2,1-2H3. The lowest BCUT2D eigenvalue weighted by atomic mass is 10.0. The zero-order valence-electron chi connectivity index (χ0n) is 11.3. The quantitative estimate of drug-likeness (QED) is 0.789. The Kier molecular flexibility index (Phi) is 6.17. The molecule has 1 aromatic heterocycles. The Hall–Kier alpha value is -0.270. The number of aromatic nitrogens is 2. The zero-order valence-corrected chi connectivity index (χ0v) is 14.5. The van der Waals surface area contributed by atoms with E-state index in [9.17, 15) is 0 Å². The van der Waals surface area contributed by atoms with Gasteiger partial charge in [-0.05, 0) is 30.7 Å². The largest absolute Gasteiger partial charge is 0.327 e. The normalized spacial score (nSPS) is 12.6. The summed E-state index contributed by atoms with van der Waals surface area (Å²) in [6, 6.07) is 6.11. The average Bonchev–Trinajstić information content (AvgIpc) is 2.90. The Morgan fingerprint density at radius 2 is 2.10 bits per heavy atom. The summed E-state index contributed by atoms with van der Waals surface area (Å²) in [7, 11) is 0. The number of halogens is 1. The van der Waals surface area contributed by atoms with E-state index < -0.39 is 0 Å². The van der Waals surface area contributed by atoms with E-state index in [2.05, 4.69) is 23.2 Å². The molecule has 1 heterocycles. The third kappa shape index (κ3) is 4.11. The van der Waals surface area contributed by atoms with E-state index in [0.29, 0.717) is 0 Å². The van der Waals surface area contributed by atoms with Gasteiger partial charge < -0.3 is 5.73 Å². The molecule has 2 rings (SSSR count). The summed E-state index contributed by atoms with van der Waals surface area (Å²) in [6.45, 7) is 2.09. The molecule has 1 atom stereocenters. The van der Waals surface area contributed by atoms with Crippen molar-refractivity contribution < 1.29 is 0 Å². The fourth-order valence-corrected chi connectivity index (χ4v) is 4.49. The van der Waals surface area contributed by atoms with Gasteiger partial charge in [0.25, 0.3) is 0 Å². The van der Waals surface area contributed by atoms with Crippen molar-refractivity contribution in [3.05, 3.63) is 28.8 Å². The number of nitrogens with two attached hydrogens (primary N) is 1. The van der Waals surface area contributed by atoms with E-state index in [1.165, 1.54) is 5.56 Å². The molecule has 1 aromatic carbocycles. The molecule has 108 valence electrons. The molecular formula is C13H16ClN3S3. The van der Waals surface area contributed by atoms with Crippen LogP contribution in [0, 0.1) is 0 Å². The molecule has 0 aliphatic rings. The Morgan fingerprint density at radius 3 is 2.75 bits per heavy atom. The SMILES string of the molecule is CCC(N)Cc1cccc(Cl)c1Sc1nnc(SC)s1. The first-order valence-corrected chi connectivity index (χ1v) is 9.46. The van der Waals surface area contributed by atoms with Crippen LogP contribution in [0.5, 0.6) is 0 Å². The van der Waals surface area contributed by atoms with Crippen LogP contribution in [0.15, 0.2) is 31.8 Å². The van der Waals surface area contributed by atoms with Crippen molar-refractivity contribution in [1.82, 2.24) is 10.2 Å². The van der Waals surface area contributed by atoms with E-state index in [4.69, 9.17) is 17.3 Å². The van der Waals surface area contributed by atoms with Crippen LogP contribution in [0.25, 0.3) is 0 Å². The third-order valence-electron chi connectivity index (χ3n) is 2.81. The van der Waals surface area contributed by atoms with Gasteiger partial charge in [0.15, 0.2) is 8.68 Å². The van der Waals surface area contributed by atoms with Gasteiger partial charge in [-0.25, -0.2) is 0 Å². The van der Waals surface area contributed by atoms with Crippen LogP contribution in [0.3, 0.4) is 0 Å². The minimum Gasteiger partial charge on any atom is -0.327 e. The van der Waals surface area contributed by atoms with Gasteiger partial charge in [-0.2, -0.15) is 0 Å². The molecule has 0 amide bonds. The van der Waals surface area contributed by atoms with Gasteiger partial charge >= 0.3 is 0 Å². The number of nitrogens with zero attached hydrogens (tertiary/aromatic N) is 2. The van der Waals surface area contributed by atoms with Crippen LogP contribution < -0.4 is 5.73 Å².